The van der Waals surface area contributed by atoms with Crippen molar-refractivity contribution in [3.05, 3.63) is 66.7 Å². The third kappa shape index (κ3) is 5.65. The van der Waals surface area contributed by atoms with Crippen LogP contribution in [0.25, 0.3) is 10.8 Å². The second-order valence-corrected chi connectivity index (χ2v) is 6.90. The van der Waals surface area contributed by atoms with Crippen molar-refractivity contribution in [1.82, 2.24) is 15.0 Å². The Labute approximate surface area is 193 Å². The minimum absolute atomic E-state index is 0.0826. The second kappa shape index (κ2) is 10.1. The lowest BCUT2D eigenvalue weighted by Crippen LogP contribution is -2.22. The van der Waals surface area contributed by atoms with Crippen LogP contribution in [0.2, 0.25) is 0 Å². The number of benzene rings is 3. The van der Waals surface area contributed by atoms with Crippen LogP contribution in [0.15, 0.2) is 66.7 Å². The highest BCUT2D eigenvalue weighted by Crippen LogP contribution is 2.25. The fraction of sp³-hybridized carbons (Fsp3) is 0.0870. The molecule has 172 valence electrons. The summed E-state index contributed by atoms with van der Waals surface area (Å²) in [7, 11) is 1.49. The van der Waals surface area contributed by atoms with Gasteiger partial charge in [-0.1, -0.05) is 42.5 Å². The zero-order valence-corrected chi connectivity index (χ0v) is 18.0. The Morgan fingerprint density at radius 1 is 0.882 bits per heavy atom. The second-order valence-electron chi connectivity index (χ2n) is 6.90. The summed E-state index contributed by atoms with van der Waals surface area (Å²) in [5.74, 6) is -0.413. The van der Waals surface area contributed by atoms with E-state index < -0.39 is 18.5 Å². The Morgan fingerprint density at radius 2 is 1.62 bits per heavy atom. The molecule has 2 amide bonds. The van der Waals surface area contributed by atoms with Crippen LogP contribution in [0.4, 0.5) is 22.4 Å². The van der Waals surface area contributed by atoms with Gasteiger partial charge in [0.25, 0.3) is 0 Å². The van der Waals surface area contributed by atoms with Crippen molar-refractivity contribution in [3.8, 4) is 17.5 Å². The molecule has 0 saturated carbocycles. The Kier molecular flexibility index (Phi) is 6.63. The molecule has 1 heterocycles. The highest BCUT2D eigenvalue weighted by atomic mass is 16.5. The van der Waals surface area contributed by atoms with Gasteiger partial charge in [0, 0.05) is 0 Å². The molecule has 11 nitrogen and oxygen atoms in total. The molecule has 0 fully saturated rings. The van der Waals surface area contributed by atoms with Crippen molar-refractivity contribution in [2.45, 2.75) is 0 Å². The Bertz CT molecular complexity index is 1350. The zero-order chi connectivity index (χ0) is 23.9. The van der Waals surface area contributed by atoms with Gasteiger partial charge in [0.2, 0.25) is 11.9 Å². The minimum atomic E-state index is -1.11. The predicted molar refractivity (Wildman–Crippen MR) is 126 cm³/mol. The number of hydrogen-bond donors (Lipinski definition) is 4. The zero-order valence-electron chi connectivity index (χ0n) is 18.0. The van der Waals surface area contributed by atoms with E-state index in [1.165, 1.54) is 7.11 Å². The molecule has 11 heteroatoms. The van der Waals surface area contributed by atoms with E-state index in [0.29, 0.717) is 17.2 Å². The summed E-state index contributed by atoms with van der Waals surface area (Å²) in [5.41, 5.74) is 0.438. The van der Waals surface area contributed by atoms with Gasteiger partial charge < -0.3 is 25.2 Å². The van der Waals surface area contributed by atoms with Crippen LogP contribution in [0.5, 0.6) is 17.5 Å². The maximum absolute atomic E-state index is 12.5. The van der Waals surface area contributed by atoms with Crippen LogP contribution in [0, 0.1) is 0 Å². The maximum atomic E-state index is 12.5. The van der Waals surface area contributed by atoms with Crippen LogP contribution in [-0.2, 0) is 4.79 Å². The Morgan fingerprint density at radius 3 is 2.41 bits per heavy atom. The van der Waals surface area contributed by atoms with E-state index in [9.17, 15) is 9.59 Å². The van der Waals surface area contributed by atoms with E-state index in [2.05, 4.69) is 30.9 Å². The average Bonchev–Trinajstić information content (AvgIpc) is 2.83. The van der Waals surface area contributed by atoms with Crippen LogP contribution in [0.3, 0.4) is 0 Å². The summed E-state index contributed by atoms with van der Waals surface area (Å²) in [6, 6.07) is 19.3. The van der Waals surface area contributed by atoms with Crippen molar-refractivity contribution in [2.24, 2.45) is 0 Å². The summed E-state index contributed by atoms with van der Waals surface area (Å²) >= 11 is 0. The SMILES string of the molecule is COc1ccccc1NC(=O)Nc1nc(NCC(=O)O)nc(Oc2ccc3ccccc3c2)n1. The fourth-order valence-corrected chi connectivity index (χ4v) is 3.03. The molecule has 0 bridgehead atoms. The number of carbonyl (C=O) groups is 2. The number of carboxylic acid groups (broad SMARTS) is 1. The largest absolute Gasteiger partial charge is 0.495 e. The normalized spacial score (nSPS) is 10.4. The summed E-state index contributed by atoms with van der Waals surface area (Å²) in [6.45, 7) is -0.438. The van der Waals surface area contributed by atoms with Crippen molar-refractivity contribution in [1.29, 1.82) is 0 Å². The smallest absolute Gasteiger partial charge is 0.328 e. The van der Waals surface area contributed by atoms with Crippen LogP contribution >= 0.6 is 0 Å². The fourth-order valence-electron chi connectivity index (χ4n) is 3.03. The summed E-state index contributed by atoms with van der Waals surface area (Å²) in [5, 5.41) is 18.6. The molecular weight excluding hydrogens is 440 g/mol. The number of urea groups is 1. The number of hydrogen-bond acceptors (Lipinski definition) is 8. The first-order valence-corrected chi connectivity index (χ1v) is 10.1. The molecule has 4 N–H and O–H groups in total. The van der Waals surface area contributed by atoms with Crippen LogP contribution < -0.4 is 25.4 Å². The van der Waals surface area contributed by atoms with Gasteiger partial charge in [-0.15, -0.1) is 0 Å². The standard InChI is InChI=1S/C23H20N6O5/c1-33-18-9-5-4-8-17(18)25-22(32)27-21-26-20(24-13-19(30)31)28-23(29-21)34-16-11-10-14-6-2-3-7-15(14)12-16/h2-12H,13H2,1H3,(H,30,31)(H3,24,25,26,27,28,29,32). The molecule has 1 aromatic heterocycles. The van der Waals surface area contributed by atoms with Crippen LogP contribution in [0.1, 0.15) is 0 Å². The summed E-state index contributed by atoms with van der Waals surface area (Å²) < 4.78 is 11.0. The first kappa shape index (κ1) is 22.3. The number of para-hydroxylation sites is 2. The van der Waals surface area contributed by atoms with E-state index in [-0.39, 0.29) is 17.9 Å². The third-order valence-corrected chi connectivity index (χ3v) is 4.52. The van der Waals surface area contributed by atoms with E-state index in [4.69, 9.17) is 14.6 Å². The lowest BCUT2D eigenvalue weighted by molar-refractivity contribution is -0.134. The number of aromatic nitrogens is 3. The molecule has 0 saturated heterocycles. The molecule has 0 radical (unpaired) electrons. The summed E-state index contributed by atoms with van der Waals surface area (Å²) in [4.78, 5) is 35.7. The number of amides is 2. The first-order valence-electron chi connectivity index (χ1n) is 10.1. The molecule has 4 rings (SSSR count). The van der Waals surface area contributed by atoms with Crippen molar-refractivity contribution >= 4 is 40.4 Å². The topological polar surface area (TPSA) is 148 Å². The number of carboxylic acids is 1. The number of nitrogens with zero attached hydrogens (tertiary/aromatic N) is 3. The minimum Gasteiger partial charge on any atom is -0.495 e. The molecule has 0 aliphatic heterocycles. The lowest BCUT2D eigenvalue weighted by Gasteiger charge is -2.12. The number of nitrogens with one attached hydrogen (secondary N) is 3. The van der Waals surface area contributed by atoms with E-state index in [1.807, 2.05) is 36.4 Å². The number of ether oxygens (including phenoxy) is 2. The van der Waals surface area contributed by atoms with Gasteiger partial charge in [0.15, 0.2) is 0 Å². The highest BCUT2D eigenvalue weighted by Gasteiger charge is 2.14. The van der Waals surface area contributed by atoms with Gasteiger partial charge in [0.05, 0.1) is 12.8 Å². The highest BCUT2D eigenvalue weighted by molar-refractivity contribution is 5.99. The molecule has 0 atom stereocenters. The van der Waals surface area contributed by atoms with Gasteiger partial charge in [-0.25, -0.2) is 4.79 Å². The number of methoxy groups -OCH3 is 1. The monoisotopic (exact) mass is 460 g/mol. The molecule has 0 aliphatic rings. The Balaban J connectivity index is 1.56. The number of rotatable bonds is 8. The van der Waals surface area contributed by atoms with Crippen LogP contribution in [-0.4, -0.2) is 45.7 Å². The average molecular weight is 460 g/mol. The predicted octanol–water partition coefficient (Wildman–Crippen LogP) is 3.97. The quantitative estimate of drug-likeness (QED) is 0.306. The molecule has 34 heavy (non-hydrogen) atoms. The van der Waals surface area contributed by atoms with Crippen molar-refractivity contribution < 1.29 is 24.2 Å². The number of carbonyl (C=O) groups excluding carboxylic acids is 1. The maximum Gasteiger partial charge on any atom is 0.328 e. The number of fused-ring (bicyclic) bond motifs is 1. The van der Waals surface area contributed by atoms with Gasteiger partial charge in [-0.05, 0) is 35.0 Å². The third-order valence-electron chi connectivity index (χ3n) is 4.52. The summed E-state index contributed by atoms with van der Waals surface area (Å²) in [6.07, 6.45) is 0. The van der Waals surface area contributed by atoms with Gasteiger partial charge in [-0.2, -0.15) is 15.0 Å². The molecule has 0 aliphatic carbocycles. The van der Waals surface area contributed by atoms with Gasteiger partial charge >= 0.3 is 18.0 Å². The number of anilines is 3. The van der Waals surface area contributed by atoms with E-state index in [0.717, 1.165) is 10.8 Å². The first-order chi connectivity index (χ1) is 16.5. The molecular formula is C23H20N6O5. The molecule has 0 unspecified atom stereocenters. The van der Waals surface area contributed by atoms with Gasteiger partial charge in [0.1, 0.15) is 18.0 Å². The van der Waals surface area contributed by atoms with E-state index in [1.54, 1.807) is 30.3 Å². The lowest BCUT2D eigenvalue weighted by atomic mass is 10.1. The molecule has 0 spiro atoms. The Hall–Kier alpha value is -4.93. The van der Waals surface area contributed by atoms with Crippen molar-refractivity contribution in [3.63, 3.8) is 0 Å². The van der Waals surface area contributed by atoms with Gasteiger partial charge in [-0.3, -0.25) is 10.1 Å². The molecule has 3 aromatic carbocycles. The van der Waals surface area contributed by atoms with Crippen molar-refractivity contribution in [2.75, 3.05) is 29.6 Å². The van der Waals surface area contributed by atoms with E-state index >= 15 is 0 Å². The number of aliphatic carboxylic acids is 1. The molecule has 4 aromatic rings.